The quantitative estimate of drug-likeness (QED) is 0.764. The van der Waals surface area contributed by atoms with Crippen molar-refractivity contribution < 1.29 is 9.59 Å². The maximum atomic E-state index is 12.2. The minimum Gasteiger partial charge on any atom is -0.347 e. The van der Waals surface area contributed by atoms with Gasteiger partial charge in [0.15, 0.2) is 0 Å². The van der Waals surface area contributed by atoms with Crippen LogP contribution in [-0.2, 0) is 16.0 Å². The third kappa shape index (κ3) is 6.01. The number of carbonyl (C=O) groups excluding carboxylic acids is 2. The minimum absolute atomic E-state index is 0.0178. The number of likely N-dealkylation sites (N-methyl/N-ethyl adjacent to an activating group) is 1. The van der Waals surface area contributed by atoms with Gasteiger partial charge >= 0.3 is 0 Å². The van der Waals surface area contributed by atoms with Gasteiger partial charge in [-0.15, -0.1) is 0 Å². The molecule has 5 nitrogen and oxygen atoms in total. The van der Waals surface area contributed by atoms with Crippen molar-refractivity contribution in [2.24, 2.45) is 0 Å². The molecule has 0 spiro atoms. The molecule has 0 heterocycles. The molecule has 138 valence electrons. The summed E-state index contributed by atoms with van der Waals surface area (Å²) >= 11 is 0. The van der Waals surface area contributed by atoms with Crippen LogP contribution < -0.4 is 10.6 Å². The highest BCUT2D eigenvalue weighted by Gasteiger charge is 2.18. The van der Waals surface area contributed by atoms with Crippen LogP contribution >= 0.6 is 0 Å². The first kappa shape index (κ1) is 19.7. The highest BCUT2D eigenvalue weighted by molar-refractivity contribution is 5.87. The lowest BCUT2D eigenvalue weighted by atomic mass is 9.99. The fourth-order valence-corrected chi connectivity index (χ4v) is 2.80. The molecule has 0 fully saturated rings. The second-order valence-corrected chi connectivity index (χ2v) is 6.56. The van der Waals surface area contributed by atoms with Crippen LogP contribution in [0.2, 0.25) is 0 Å². The second-order valence-electron chi connectivity index (χ2n) is 6.56. The zero-order valence-electron chi connectivity index (χ0n) is 15.6. The maximum absolute atomic E-state index is 12.2. The topological polar surface area (TPSA) is 61.4 Å². The Bertz CT molecular complexity index is 702. The normalized spacial score (nSPS) is 12.9. The van der Waals surface area contributed by atoms with Gasteiger partial charge in [0.1, 0.15) is 6.04 Å². The second kappa shape index (κ2) is 9.73. The number of hydrogen-bond acceptors (Lipinski definition) is 3. The van der Waals surface area contributed by atoms with Gasteiger partial charge in [0.25, 0.3) is 0 Å². The van der Waals surface area contributed by atoms with Crippen molar-refractivity contribution in [3.8, 4) is 0 Å². The largest absolute Gasteiger partial charge is 0.347 e. The van der Waals surface area contributed by atoms with Gasteiger partial charge in [-0.05, 0) is 24.5 Å². The first-order valence-electron chi connectivity index (χ1n) is 8.80. The molecule has 0 saturated carbocycles. The molecular formula is C21H27N3O2. The standard InChI is InChI=1S/C21H27N3O2/c1-16(21(26)24(2)3)23-20(25)15-22-19(18-12-8-5-9-13-18)14-17-10-6-4-7-11-17/h4-13,16,19,22H,14-15H2,1-3H3,(H,23,25). The first-order chi connectivity index (χ1) is 12.5. The SMILES string of the molecule is CC(NC(=O)CNC(Cc1ccccc1)c1ccccc1)C(=O)N(C)C. The summed E-state index contributed by atoms with van der Waals surface area (Å²) in [5.41, 5.74) is 2.33. The van der Waals surface area contributed by atoms with Crippen LogP contribution in [0.3, 0.4) is 0 Å². The summed E-state index contributed by atoms with van der Waals surface area (Å²) in [4.78, 5) is 25.6. The van der Waals surface area contributed by atoms with Crippen molar-refractivity contribution in [1.82, 2.24) is 15.5 Å². The van der Waals surface area contributed by atoms with Gasteiger partial charge in [0.2, 0.25) is 11.8 Å². The lowest BCUT2D eigenvalue weighted by Gasteiger charge is -2.21. The summed E-state index contributed by atoms with van der Waals surface area (Å²) in [5, 5.41) is 6.06. The molecule has 0 bridgehead atoms. The Labute approximate surface area is 155 Å². The number of hydrogen-bond donors (Lipinski definition) is 2. The average Bonchev–Trinajstić information content (AvgIpc) is 2.65. The van der Waals surface area contributed by atoms with Crippen molar-refractivity contribution >= 4 is 11.8 Å². The van der Waals surface area contributed by atoms with E-state index < -0.39 is 6.04 Å². The van der Waals surface area contributed by atoms with E-state index in [0.29, 0.717) is 0 Å². The number of amides is 2. The fraction of sp³-hybridized carbons (Fsp3) is 0.333. The van der Waals surface area contributed by atoms with Crippen molar-refractivity contribution in [1.29, 1.82) is 0 Å². The van der Waals surface area contributed by atoms with Crippen LogP contribution in [0.15, 0.2) is 60.7 Å². The Morgan fingerprint density at radius 1 is 0.962 bits per heavy atom. The smallest absolute Gasteiger partial charge is 0.244 e. The van der Waals surface area contributed by atoms with Crippen molar-refractivity contribution in [2.75, 3.05) is 20.6 Å². The van der Waals surface area contributed by atoms with Crippen molar-refractivity contribution in [3.63, 3.8) is 0 Å². The maximum Gasteiger partial charge on any atom is 0.244 e. The summed E-state index contributed by atoms with van der Waals surface area (Å²) in [7, 11) is 3.35. The van der Waals surface area contributed by atoms with Crippen LogP contribution in [0, 0.1) is 0 Å². The van der Waals surface area contributed by atoms with Gasteiger partial charge in [0.05, 0.1) is 6.54 Å². The molecule has 5 heteroatoms. The Morgan fingerprint density at radius 2 is 1.54 bits per heavy atom. The fourth-order valence-electron chi connectivity index (χ4n) is 2.80. The molecule has 0 aliphatic rings. The molecule has 2 amide bonds. The third-order valence-corrected chi connectivity index (χ3v) is 4.18. The summed E-state index contributed by atoms with van der Waals surface area (Å²) in [6.45, 7) is 1.84. The minimum atomic E-state index is -0.538. The molecule has 2 unspecified atom stereocenters. The number of benzene rings is 2. The predicted molar refractivity (Wildman–Crippen MR) is 104 cm³/mol. The average molecular weight is 353 g/mol. The molecule has 2 rings (SSSR count). The Balaban J connectivity index is 1.98. The lowest BCUT2D eigenvalue weighted by Crippen LogP contribution is -2.47. The summed E-state index contributed by atoms with van der Waals surface area (Å²) in [6.07, 6.45) is 0.782. The number of carbonyl (C=O) groups is 2. The van der Waals surface area contributed by atoms with Crippen LogP contribution in [0.1, 0.15) is 24.1 Å². The first-order valence-corrected chi connectivity index (χ1v) is 8.80. The summed E-state index contributed by atoms with van der Waals surface area (Å²) in [5.74, 6) is -0.316. The molecule has 2 aromatic carbocycles. The number of rotatable bonds is 8. The monoisotopic (exact) mass is 353 g/mol. The van der Waals surface area contributed by atoms with E-state index in [2.05, 4.69) is 34.9 Å². The number of nitrogens with one attached hydrogen (secondary N) is 2. The Kier molecular flexibility index (Phi) is 7.36. The van der Waals surface area contributed by atoms with E-state index in [0.717, 1.165) is 12.0 Å². The van der Waals surface area contributed by atoms with Gasteiger partial charge < -0.3 is 15.5 Å². The van der Waals surface area contributed by atoms with E-state index in [1.807, 2.05) is 36.4 Å². The molecule has 26 heavy (non-hydrogen) atoms. The molecule has 0 radical (unpaired) electrons. The zero-order valence-corrected chi connectivity index (χ0v) is 15.6. The van der Waals surface area contributed by atoms with Crippen LogP contribution in [0.5, 0.6) is 0 Å². The zero-order chi connectivity index (χ0) is 18.9. The van der Waals surface area contributed by atoms with E-state index in [-0.39, 0.29) is 24.4 Å². The Morgan fingerprint density at radius 3 is 2.12 bits per heavy atom. The highest BCUT2D eigenvalue weighted by atomic mass is 16.2. The van der Waals surface area contributed by atoms with Crippen molar-refractivity contribution in [3.05, 3.63) is 71.8 Å². The lowest BCUT2D eigenvalue weighted by molar-refractivity contribution is -0.133. The molecule has 0 aliphatic carbocycles. The van der Waals surface area contributed by atoms with Crippen molar-refractivity contribution in [2.45, 2.75) is 25.4 Å². The number of nitrogens with zero attached hydrogens (tertiary/aromatic N) is 1. The molecule has 2 atom stereocenters. The molecule has 0 saturated heterocycles. The van der Waals surface area contributed by atoms with Gasteiger partial charge in [0, 0.05) is 20.1 Å². The molecule has 0 aromatic heterocycles. The molecule has 0 aliphatic heterocycles. The summed E-state index contributed by atoms with van der Waals surface area (Å²) < 4.78 is 0. The third-order valence-electron chi connectivity index (χ3n) is 4.18. The van der Waals surface area contributed by atoms with Crippen LogP contribution in [0.4, 0.5) is 0 Å². The highest BCUT2D eigenvalue weighted by Crippen LogP contribution is 2.18. The van der Waals surface area contributed by atoms with Gasteiger partial charge in [-0.1, -0.05) is 60.7 Å². The Hall–Kier alpha value is -2.66. The predicted octanol–water partition coefficient (Wildman–Crippen LogP) is 2.15. The van der Waals surface area contributed by atoms with Crippen LogP contribution in [0.25, 0.3) is 0 Å². The molecule has 2 aromatic rings. The van der Waals surface area contributed by atoms with E-state index in [1.54, 1.807) is 21.0 Å². The molecular weight excluding hydrogens is 326 g/mol. The summed E-state index contributed by atoms with van der Waals surface area (Å²) in [6, 6.07) is 19.7. The van der Waals surface area contributed by atoms with E-state index in [9.17, 15) is 9.59 Å². The van der Waals surface area contributed by atoms with Gasteiger partial charge in [-0.3, -0.25) is 9.59 Å². The van der Waals surface area contributed by atoms with E-state index >= 15 is 0 Å². The molecule has 2 N–H and O–H groups in total. The van der Waals surface area contributed by atoms with Crippen LogP contribution in [-0.4, -0.2) is 43.4 Å². The van der Waals surface area contributed by atoms with E-state index in [1.165, 1.54) is 10.5 Å². The van der Waals surface area contributed by atoms with Gasteiger partial charge in [-0.2, -0.15) is 0 Å². The van der Waals surface area contributed by atoms with E-state index in [4.69, 9.17) is 0 Å². The van der Waals surface area contributed by atoms with Gasteiger partial charge in [-0.25, -0.2) is 0 Å².